The molecule has 0 radical (unpaired) electrons. The molecule has 5 nitrogen and oxygen atoms in total. The van der Waals surface area contributed by atoms with Crippen molar-refractivity contribution in [3.8, 4) is 0 Å². The maximum absolute atomic E-state index is 13.7. The largest absolute Gasteiger partial charge is 0.393 e. The van der Waals surface area contributed by atoms with Crippen LogP contribution in [0.25, 0.3) is 0 Å². The second-order valence-electron chi connectivity index (χ2n) is 16.1. The number of aliphatic hydroxyl groups excluding tert-OH is 3. The van der Waals surface area contributed by atoms with Gasteiger partial charge >= 0.3 is 0 Å². The summed E-state index contributed by atoms with van der Waals surface area (Å²) in [6, 6.07) is 10.4. The molecule has 1 aromatic rings. The smallest absolute Gasteiger partial charge is 0.222 e. The van der Waals surface area contributed by atoms with Gasteiger partial charge in [-0.2, -0.15) is 0 Å². The molecule has 0 bridgehead atoms. The van der Waals surface area contributed by atoms with Crippen molar-refractivity contribution in [1.82, 2.24) is 4.90 Å². The van der Waals surface area contributed by atoms with Crippen LogP contribution in [0.2, 0.25) is 0 Å². The maximum atomic E-state index is 13.7. The van der Waals surface area contributed by atoms with Crippen LogP contribution in [0.1, 0.15) is 130 Å². The summed E-state index contributed by atoms with van der Waals surface area (Å²) in [5.41, 5.74) is 1.07. The highest BCUT2D eigenvalue weighted by atomic mass is 16.3. The van der Waals surface area contributed by atoms with Gasteiger partial charge in [-0.05, 0) is 110 Å². The van der Waals surface area contributed by atoms with E-state index < -0.39 is 0 Å². The highest BCUT2D eigenvalue weighted by molar-refractivity contribution is 5.76. The van der Waals surface area contributed by atoms with Crippen LogP contribution in [0, 0.1) is 46.3 Å². The number of benzene rings is 1. The van der Waals surface area contributed by atoms with Crippen LogP contribution in [0.5, 0.6) is 0 Å². The van der Waals surface area contributed by atoms with Gasteiger partial charge < -0.3 is 20.2 Å². The molecular weight excluding hydrogens is 546 g/mol. The van der Waals surface area contributed by atoms with Crippen LogP contribution in [0.3, 0.4) is 0 Å². The van der Waals surface area contributed by atoms with E-state index in [0.29, 0.717) is 42.6 Å². The van der Waals surface area contributed by atoms with E-state index in [9.17, 15) is 20.1 Å². The van der Waals surface area contributed by atoms with E-state index in [0.717, 1.165) is 64.3 Å². The number of rotatable bonds is 13. The molecule has 4 unspecified atom stereocenters. The number of hydrogen-bond acceptors (Lipinski definition) is 4. The SMILES string of the molecule is CCCCCCCCN(Cc1ccccc1)C(=O)CCC(C)C1CC[C@H]2C3[C@H](O)CC4C[C@H](O)CC[C@]4(C)[C@H]3C[C@H](O)[C@]12C. The van der Waals surface area contributed by atoms with E-state index in [4.69, 9.17) is 0 Å². The van der Waals surface area contributed by atoms with Crippen LogP contribution < -0.4 is 0 Å². The zero-order valence-corrected chi connectivity index (χ0v) is 28.3. The minimum absolute atomic E-state index is 0.0970. The van der Waals surface area contributed by atoms with E-state index in [1.165, 1.54) is 37.7 Å². The van der Waals surface area contributed by atoms with Crippen molar-refractivity contribution in [2.24, 2.45) is 46.3 Å². The molecule has 4 aliphatic carbocycles. The number of nitrogens with zero attached hydrogens (tertiary/aromatic N) is 1. The molecule has 0 saturated heterocycles. The molecule has 0 heterocycles. The molecule has 4 fully saturated rings. The summed E-state index contributed by atoms with van der Waals surface area (Å²) in [6.07, 6.45) is 14.1. The van der Waals surface area contributed by atoms with Gasteiger partial charge in [0.25, 0.3) is 0 Å². The van der Waals surface area contributed by atoms with Crippen molar-refractivity contribution in [2.75, 3.05) is 6.54 Å². The summed E-state index contributed by atoms with van der Waals surface area (Å²) in [5.74, 6) is 2.19. The zero-order chi connectivity index (χ0) is 31.5. The lowest BCUT2D eigenvalue weighted by Crippen LogP contribution is -2.62. The predicted octanol–water partition coefficient (Wildman–Crippen LogP) is 7.75. The zero-order valence-electron chi connectivity index (χ0n) is 28.3. The minimum atomic E-state index is -0.378. The molecule has 5 rings (SSSR count). The van der Waals surface area contributed by atoms with Crippen LogP contribution in [-0.4, -0.2) is 51.0 Å². The van der Waals surface area contributed by atoms with Gasteiger partial charge in [0, 0.05) is 19.5 Å². The number of unbranched alkanes of at least 4 members (excludes halogenated alkanes) is 5. The Bertz CT molecular complexity index is 1060. The molecule has 44 heavy (non-hydrogen) atoms. The summed E-state index contributed by atoms with van der Waals surface area (Å²) in [5, 5.41) is 33.9. The monoisotopic (exact) mass is 609 g/mol. The van der Waals surface area contributed by atoms with E-state index in [1.807, 2.05) is 6.07 Å². The number of carbonyl (C=O) groups excluding carboxylic acids is 1. The fourth-order valence-electron chi connectivity index (χ4n) is 11.0. The lowest BCUT2D eigenvalue weighted by Gasteiger charge is -2.63. The van der Waals surface area contributed by atoms with E-state index in [1.54, 1.807) is 0 Å². The average Bonchev–Trinajstić information content (AvgIpc) is 3.37. The summed E-state index contributed by atoms with van der Waals surface area (Å²) in [6.45, 7) is 10.8. The average molecular weight is 610 g/mol. The Balaban J connectivity index is 1.22. The third-order valence-corrected chi connectivity index (χ3v) is 13.7. The normalized spacial score (nSPS) is 38.8. The standard InChI is InChI=1S/C39H63NO4/c1-5-6-7-8-9-13-22-40(26-28-14-11-10-12-15-28)36(44)19-16-27(2)31-17-18-32-37-33(25-35(43)39(31,32)4)38(3)21-20-30(41)23-29(38)24-34(37)42/h10-12,14-15,27,29-35,37,41-43H,5-9,13,16-26H2,1-4H3/t27?,29?,30-,31?,32+,33+,34-,35+,37?,38+,39-/m1/s1. The fraction of sp³-hybridized carbons (Fsp3) is 0.821. The van der Waals surface area contributed by atoms with E-state index >= 15 is 0 Å². The van der Waals surface area contributed by atoms with Crippen LogP contribution >= 0.6 is 0 Å². The summed E-state index contributed by atoms with van der Waals surface area (Å²) >= 11 is 0. The van der Waals surface area contributed by atoms with Crippen molar-refractivity contribution in [3.05, 3.63) is 35.9 Å². The summed E-state index contributed by atoms with van der Waals surface area (Å²) in [4.78, 5) is 15.8. The van der Waals surface area contributed by atoms with Gasteiger partial charge in [-0.15, -0.1) is 0 Å². The van der Waals surface area contributed by atoms with Gasteiger partial charge in [0.2, 0.25) is 5.91 Å². The molecule has 11 atom stereocenters. The van der Waals surface area contributed by atoms with Gasteiger partial charge in [0.05, 0.1) is 18.3 Å². The van der Waals surface area contributed by atoms with Gasteiger partial charge in [0.15, 0.2) is 0 Å². The molecular formula is C39H63NO4. The summed E-state index contributed by atoms with van der Waals surface area (Å²) in [7, 11) is 0. The van der Waals surface area contributed by atoms with Gasteiger partial charge in [-0.25, -0.2) is 0 Å². The van der Waals surface area contributed by atoms with Crippen LogP contribution in [0.15, 0.2) is 30.3 Å². The predicted molar refractivity (Wildman–Crippen MR) is 178 cm³/mol. The number of carbonyl (C=O) groups is 1. The van der Waals surface area contributed by atoms with Gasteiger partial charge in [-0.1, -0.05) is 90.1 Å². The Morgan fingerprint density at radius 2 is 1.66 bits per heavy atom. The molecule has 4 aliphatic rings. The first-order chi connectivity index (χ1) is 21.1. The van der Waals surface area contributed by atoms with E-state index in [-0.39, 0.29) is 41.0 Å². The number of fused-ring (bicyclic) bond motifs is 5. The molecule has 0 aromatic heterocycles. The highest BCUT2D eigenvalue weighted by Gasteiger charge is 2.65. The minimum Gasteiger partial charge on any atom is -0.393 e. The second-order valence-corrected chi connectivity index (χ2v) is 16.1. The van der Waals surface area contributed by atoms with Crippen LogP contribution in [-0.2, 0) is 11.3 Å². The van der Waals surface area contributed by atoms with Crippen molar-refractivity contribution < 1.29 is 20.1 Å². The van der Waals surface area contributed by atoms with Gasteiger partial charge in [0.1, 0.15) is 0 Å². The molecule has 1 aromatic carbocycles. The first-order valence-corrected chi connectivity index (χ1v) is 18.4. The first kappa shape index (κ1) is 33.9. The van der Waals surface area contributed by atoms with Crippen molar-refractivity contribution in [1.29, 1.82) is 0 Å². The van der Waals surface area contributed by atoms with Crippen molar-refractivity contribution in [3.63, 3.8) is 0 Å². The molecule has 0 spiro atoms. The molecule has 3 N–H and O–H groups in total. The van der Waals surface area contributed by atoms with E-state index in [2.05, 4.69) is 56.9 Å². The van der Waals surface area contributed by atoms with Crippen molar-refractivity contribution in [2.45, 2.75) is 149 Å². The van der Waals surface area contributed by atoms with Gasteiger partial charge in [-0.3, -0.25) is 4.79 Å². The molecule has 1 amide bonds. The second kappa shape index (κ2) is 14.6. The quantitative estimate of drug-likeness (QED) is 0.200. The number of hydrogen-bond donors (Lipinski definition) is 3. The lowest BCUT2D eigenvalue weighted by atomic mass is 9.43. The number of aliphatic hydroxyl groups is 3. The van der Waals surface area contributed by atoms with Crippen molar-refractivity contribution >= 4 is 5.91 Å². The highest BCUT2D eigenvalue weighted by Crippen LogP contribution is 2.68. The Labute approximate surface area is 268 Å². The first-order valence-electron chi connectivity index (χ1n) is 18.4. The Morgan fingerprint density at radius 1 is 0.932 bits per heavy atom. The lowest BCUT2D eigenvalue weighted by molar-refractivity contribution is -0.207. The van der Waals surface area contributed by atoms with Crippen LogP contribution in [0.4, 0.5) is 0 Å². The fourth-order valence-corrected chi connectivity index (χ4v) is 11.0. The third-order valence-electron chi connectivity index (χ3n) is 13.7. The maximum Gasteiger partial charge on any atom is 0.222 e. The molecule has 0 aliphatic heterocycles. The number of amides is 1. The Morgan fingerprint density at radius 3 is 2.41 bits per heavy atom. The summed E-state index contributed by atoms with van der Waals surface area (Å²) < 4.78 is 0. The third kappa shape index (κ3) is 6.81. The molecule has 4 saturated carbocycles. The molecule has 5 heteroatoms. The topological polar surface area (TPSA) is 81.0 Å². The molecule has 248 valence electrons. The Hall–Kier alpha value is -1.43. The Kier molecular flexibility index (Phi) is 11.2.